The summed E-state index contributed by atoms with van der Waals surface area (Å²) >= 11 is 12.0. The number of benzene rings is 2. The second-order valence-electron chi connectivity index (χ2n) is 6.74. The summed E-state index contributed by atoms with van der Waals surface area (Å²) in [6.07, 6.45) is 0. The first-order chi connectivity index (χ1) is 12.1. The molecule has 0 aliphatic heterocycles. The monoisotopic (exact) mass is 415 g/mol. The Morgan fingerprint density at radius 3 is 2.42 bits per heavy atom. The van der Waals surface area contributed by atoms with Crippen molar-refractivity contribution in [1.29, 1.82) is 0 Å². The highest BCUT2D eigenvalue weighted by Gasteiger charge is 2.20. The van der Waals surface area contributed by atoms with Crippen LogP contribution in [0.25, 0.3) is 11.1 Å². The molecule has 0 radical (unpaired) electrons. The molecule has 26 heavy (non-hydrogen) atoms. The average Bonchev–Trinajstić information content (AvgIpc) is 2.56. The van der Waals surface area contributed by atoms with Crippen molar-refractivity contribution in [2.45, 2.75) is 25.5 Å². The zero-order valence-electron chi connectivity index (χ0n) is 14.7. The number of halogens is 3. The quantitative estimate of drug-likeness (QED) is 0.739. The van der Waals surface area contributed by atoms with Gasteiger partial charge in [-0.2, -0.15) is 0 Å². The maximum Gasteiger partial charge on any atom is 0.251 e. The van der Waals surface area contributed by atoms with Crippen LogP contribution in [0.15, 0.2) is 36.4 Å². The van der Waals surface area contributed by atoms with E-state index in [1.54, 1.807) is 18.2 Å². The van der Waals surface area contributed by atoms with Gasteiger partial charge in [0.15, 0.2) is 0 Å². The SMILES string of the molecule is CC(C)(C)[S@](=O)CCNC(=O)c1ccc(F)cc1-c1ccc(Cl)c(Cl)c1. The van der Waals surface area contributed by atoms with Gasteiger partial charge in [-0.05, 0) is 62.2 Å². The predicted molar refractivity (Wildman–Crippen MR) is 107 cm³/mol. The van der Waals surface area contributed by atoms with Crippen LogP contribution in [0.2, 0.25) is 10.0 Å². The Balaban J connectivity index is 2.22. The van der Waals surface area contributed by atoms with Gasteiger partial charge < -0.3 is 5.32 Å². The largest absolute Gasteiger partial charge is 0.351 e. The third kappa shape index (κ3) is 5.29. The highest BCUT2D eigenvalue weighted by Crippen LogP contribution is 2.31. The van der Waals surface area contributed by atoms with E-state index in [0.717, 1.165) is 0 Å². The average molecular weight is 416 g/mol. The van der Waals surface area contributed by atoms with Gasteiger partial charge in [0.2, 0.25) is 0 Å². The Morgan fingerprint density at radius 2 is 1.81 bits per heavy atom. The van der Waals surface area contributed by atoms with E-state index in [4.69, 9.17) is 23.2 Å². The summed E-state index contributed by atoms with van der Waals surface area (Å²) < 4.78 is 25.5. The molecule has 2 aromatic carbocycles. The highest BCUT2D eigenvalue weighted by molar-refractivity contribution is 7.86. The number of rotatable bonds is 5. The van der Waals surface area contributed by atoms with E-state index < -0.39 is 16.6 Å². The lowest BCUT2D eigenvalue weighted by molar-refractivity contribution is 0.0956. The molecule has 140 valence electrons. The summed E-state index contributed by atoms with van der Waals surface area (Å²) in [5.74, 6) is -0.480. The summed E-state index contributed by atoms with van der Waals surface area (Å²) in [6.45, 7) is 5.91. The molecule has 2 rings (SSSR count). The van der Waals surface area contributed by atoms with Crippen LogP contribution in [0.4, 0.5) is 4.39 Å². The maximum atomic E-state index is 13.7. The third-order valence-electron chi connectivity index (χ3n) is 3.71. The van der Waals surface area contributed by atoms with Gasteiger partial charge in [0.05, 0.1) is 10.0 Å². The van der Waals surface area contributed by atoms with Gasteiger partial charge in [0.25, 0.3) is 5.91 Å². The Morgan fingerprint density at radius 1 is 1.12 bits per heavy atom. The number of hydrogen-bond donors (Lipinski definition) is 1. The fraction of sp³-hybridized carbons (Fsp3) is 0.316. The molecule has 2 aromatic rings. The summed E-state index contributed by atoms with van der Waals surface area (Å²) in [5, 5.41) is 3.44. The van der Waals surface area contributed by atoms with E-state index in [1.807, 2.05) is 20.8 Å². The first-order valence-electron chi connectivity index (χ1n) is 8.01. The van der Waals surface area contributed by atoms with Crippen molar-refractivity contribution >= 4 is 39.9 Å². The topological polar surface area (TPSA) is 46.2 Å². The normalized spacial score (nSPS) is 12.7. The molecule has 1 N–H and O–H groups in total. The standard InChI is InChI=1S/C19H20Cl2FNO2S/c1-19(2,3)26(25)9-8-23-18(24)14-6-5-13(22)11-15(14)12-4-7-16(20)17(21)10-12/h4-7,10-11H,8-9H2,1-3H3,(H,23,24)/t26-/m1/s1. The van der Waals surface area contributed by atoms with Crippen molar-refractivity contribution in [1.82, 2.24) is 5.32 Å². The van der Waals surface area contributed by atoms with E-state index in [1.165, 1.54) is 18.2 Å². The Bertz CT molecular complexity index is 850. The molecule has 0 bridgehead atoms. The fourth-order valence-corrected chi connectivity index (χ4v) is 3.47. The lowest BCUT2D eigenvalue weighted by Gasteiger charge is -2.18. The van der Waals surface area contributed by atoms with Gasteiger partial charge in [0, 0.05) is 33.4 Å². The maximum absolute atomic E-state index is 13.7. The molecule has 0 aromatic heterocycles. The van der Waals surface area contributed by atoms with Crippen LogP contribution >= 0.6 is 23.2 Å². The summed E-state index contributed by atoms with van der Waals surface area (Å²) in [6, 6.07) is 8.78. The van der Waals surface area contributed by atoms with E-state index in [9.17, 15) is 13.4 Å². The molecule has 0 aliphatic carbocycles. The second-order valence-corrected chi connectivity index (χ2v) is 9.88. The molecule has 3 nitrogen and oxygen atoms in total. The lowest BCUT2D eigenvalue weighted by atomic mass is 9.99. The summed E-state index contributed by atoms with van der Waals surface area (Å²) in [4.78, 5) is 12.5. The van der Waals surface area contributed by atoms with Crippen molar-refractivity contribution in [3.8, 4) is 11.1 Å². The van der Waals surface area contributed by atoms with E-state index in [2.05, 4.69) is 5.32 Å². The number of carbonyl (C=O) groups is 1. The molecular formula is C19H20Cl2FNO2S. The van der Waals surface area contributed by atoms with Gasteiger partial charge in [-0.1, -0.05) is 29.3 Å². The third-order valence-corrected chi connectivity index (χ3v) is 6.39. The minimum Gasteiger partial charge on any atom is -0.351 e. The number of hydrogen-bond acceptors (Lipinski definition) is 2. The van der Waals surface area contributed by atoms with Crippen LogP contribution in [-0.4, -0.2) is 27.2 Å². The van der Waals surface area contributed by atoms with Crippen LogP contribution in [0.1, 0.15) is 31.1 Å². The van der Waals surface area contributed by atoms with Crippen molar-refractivity contribution in [3.05, 3.63) is 57.8 Å². The van der Waals surface area contributed by atoms with Gasteiger partial charge >= 0.3 is 0 Å². The minimum absolute atomic E-state index is 0.265. The molecule has 0 unspecified atom stereocenters. The predicted octanol–water partition coefficient (Wildman–Crippen LogP) is 5.08. The molecule has 0 heterocycles. The van der Waals surface area contributed by atoms with Crippen LogP contribution in [0.5, 0.6) is 0 Å². The molecule has 0 saturated heterocycles. The molecular weight excluding hydrogens is 396 g/mol. The number of nitrogens with one attached hydrogen (secondary N) is 1. The molecule has 1 atom stereocenters. The fourth-order valence-electron chi connectivity index (χ4n) is 2.28. The van der Waals surface area contributed by atoms with E-state index in [-0.39, 0.29) is 17.2 Å². The Hall–Kier alpha value is -1.43. The lowest BCUT2D eigenvalue weighted by Crippen LogP contribution is -2.32. The first-order valence-corrected chi connectivity index (χ1v) is 10.1. The minimum atomic E-state index is -1.07. The van der Waals surface area contributed by atoms with Gasteiger partial charge in [-0.3, -0.25) is 9.00 Å². The van der Waals surface area contributed by atoms with E-state index in [0.29, 0.717) is 32.5 Å². The zero-order valence-corrected chi connectivity index (χ0v) is 17.1. The smallest absolute Gasteiger partial charge is 0.251 e. The van der Waals surface area contributed by atoms with Crippen LogP contribution in [0, 0.1) is 5.82 Å². The van der Waals surface area contributed by atoms with Crippen LogP contribution < -0.4 is 5.32 Å². The summed E-state index contributed by atoms with van der Waals surface area (Å²) in [5.41, 5.74) is 1.31. The molecule has 0 aliphatic rings. The van der Waals surface area contributed by atoms with Gasteiger partial charge in [-0.25, -0.2) is 4.39 Å². The molecule has 1 amide bonds. The molecule has 7 heteroatoms. The number of amides is 1. The number of carbonyl (C=O) groups excluding carboxylic acids is 1. The highest BCUT2D eigenvalue weighted by atomic mass is 35.5. The second kappa shape index (κ2) is 8.51. The van der Waals surface area contributed by atoms with Crippen LogP contribution in [0.3, 0.4) is 0 Å². The van der Waals surface area contributed by atoms with Crippen molar-refractivity contribution in [3.63, 3.8) is 0 Å². The molecule has 0 fully saturated rings. The van der Waals surface area contributed by atoms with Gasteiger partial charge in [-0.15, -0.1) is 0 Å². The van der Waals surface area contributed by atoms with Crippen molar-refractivity contribution in [2.24, 2.45) is 0 Å². The van der Waals surface area contributed by atoms with Crippen molar-refractivity contribution < 1.29 is 13.4 Å². The zero-order chi connectivity index (χ0) is 19.5. The molecule has 0 spiro atoms. The first kappa shape index (κ1) is 20.9. The Labute approximate surface area is 165 Å². The van der Waals surface area contributed by atoms with E-state index >= 15 is 0 Å². The van der Waals surface area contributed by atoms with Gasteiger partial charge in [0.1, 0.15) is 5.82 Å². The molecule has 0 saturated carbocycles. The van der Waals surface area contributed by atoms with Crippen LogP contribution in [-0.2, 0) is 10.8 Å². The Kier molecular flexibility index (Phi) is 6.83. The summed E-state index contributed by atoms with van der Waals surface area (Å²) in [7, 11) is -1.07. The van der Waals surface area contributed by atoms with Crippen molar-refractivity contribution in [2.75, 3.05) is 12.3 Å².